The fourth-order valence-electron chi connectivity index (χ4n) is 9.28. The maximum Gasteiger partial charge on any atom is 0.139 e. The number of hydrogen-bond donors (Lipinski definition) is 0. The highest BCUT2D eigenvalue weighted by atomic mass is 16.3. The molecule has 0 saturated heterocycles. The fourth-order valence-corrected chi connectivity index (χ4v) is 9.28. The van der Waals surface area contributed by atoms with Gasteiger partial charge in [-0.05, 0) is 96.5 Å². The molecule has 4 heterocycles. The van der Waals surface area contributed by atoms with Crippen LogP contribution in [0.2, 0.25) is 0 Å². The summed E-state index contributed by atoms with van der Waals surface area (Å²) in [6.45, 7) is 13.1. The van der Waals surface area contributed by atoms with Crippen molar-refractivity contribution in [3.63, 3.8) is 0 Å². The van der Waals surface area contributed by atoms with E-state index in [0.717, 1.165) is 51.2 Å². The molecule has 12 rings (SSSR count). The van der Waals surface area contributed by atoms with E-state index in [9.17, 15) is 0 Å². The van der Waals surface area contributed by atoms with E-state index in [4.69, 9.17) is 18.8 Å². The van der Waals surface area contributed by atoms with Crippen molar-refractivity contribution in [3.8, 4) is 22.5 Å². The van der Waals surface area contributed by atoms with Gasteiger partial charge in [0.05, 0.1) is 22.4 Å². The van der Waals surface area contributed by atoms with E-state index in [1.807, 2.05) is 0 Å². The highest BCUT2D eigenvalue weighted by Gasteiger charge is 2.35. The molecule has 276 valence electrons. The Bertz CT molecular complexity index is 3270. The van der Waals surface area contributed by atoms with Crippen LogP contribution in [-0.2, 0) is 11.8 Å². The van der Waals surface area contributed by atoms with Gasteiger partial charge >= 0.3 is 0 Å². The number of pyridine rings is 2. The second-order valence-corrected chi connectivity index (χ2v) is 15.9. The Hall–Kier alpha value is -6.26. The van der Waals surface area contributed by atoms with Crippen LogP contribution in [0.3, 0.4) is 0 Å². The van der Waals surface area contributed by atoms with E-state index in [1.54, 1.807) is 0 Å². The fraction of sp³-hybridized carbons (Fsp3) is 0.192. The first-order valence-corrected chi connectivity index (χ1v) is 18.9. The van der Waals surface area contributed by atoms with Gasteiger partial charge in [-0.1, -0.05) is 114 Å². The molecule has 0 amide bonds. The molecule has 4 aromatic heterocycles. The van der Waals surface area contributed by atoms with E-state index < -0.39 is 0 Å². The zero-order chi connectivity index (χ0) is 36.6. The smallest absolute Gasteiger partial charge is 0.139 e. The maximum atomic E-state index is 6.44. The van der Waals surface area contributed by atoms with Gasteiger partial charge in [-0.2, -0.15) is 0 Å². The monoisotopic (exact) mass is 730 g/mol. The van der Waals surface area contributed by atoms with Crippen LogP contribution in [0.5, 0.6) is 0 Å². The Morgan fingerprint density at radius 3 is 1.59 bits per heavy atom. The SMILES string of the molecule is C.C.Cc1ccc2c3c1oc1c(C)ccc(c13)-c1nc3ccccc3cc1C2.Cc1ccc2c3c1oc1c(C)ccc(c13)C(C)(C)c1cc3ccccc3nc1-2. The van der Waals surface area contributed by atoms with Crippen LogP contribution >= 0.6 is 0 Å². The number of hydrogen-bond acceptors (Lipinski definition) is 4. The van der Waals surface area contributed by atoms with Crippen molar-refractivity contribution < 1.29 is 8.83 Å². The first-order chi connectivity index (χ1) is 26.2. The number of benzene rings is 6. The molecule has 10 aromatic rings. The van der Waals surface area contributed by atoms with Gasteiger partial charge in [0, 0.05) is 55.3 Å². The molecular weight excluding hydrogens is 685 g/mol. The van der Waals surface area contributed by atoms with Crippen LogP contribution < -0.4 is 0 Å². The van der Waals surface area contributed by atoms with Crippen molar-refractivity contribution >= 4 is 65.7 Å². The molecule has 2 aliphatic carbocycles. The molecule has 0 spiro atoms. The molecule has 4 heteroatoms. The van der Waals surface area contributed by atoms with E-state index >= 15 is 0 Å². The third-order valence-electron chi connectivity index (χ3n) is 12.2. The summed E-state index contributed by atoms with van der Waals surface area (Å²) in [6.07, 6.45) is 0.881. The van der Waals surface area contributed by atoms with Gasteiger partial charge < -0.3 is 8.83 Å². The van der Waals surface area contributed by atoms with Gasteiger partial charge in [0.15, 0.2) is 0 Å². The zero-order valence-electron chi connectivity index (χ0n) is 31.3. The minimum absolute atomic E-state index is 0. The van der Waals surface area contributed by atoms with Crippen molar-refractivity contribution in [1.29, 1.82) is 0 Å². The summed E-state index contributed by atoms with van der Waals surface area (Å²) in [5.74, 6) is 0. The summed E-state index contributed by atoms with van der Waals surface area (Å²) in [7, 11) is 0. The first-order valence-electron chi connectivity index (χ1n) is 18.9. The molecule has 0 unspecified atom stereocenters. The molecule has 6 aromatic carbocycles. The van der Waals surface area contributed by atoms with Gasteiger partial charge in [0.1, 0.15) is 22.3 Å². The number of nitrogens with zero attached hydrogens (tertiary/aromatic N) is 2. The molecule has 0 aliphatic heterocycles. The average Bonchev–Trinajstić information content (AvgIpc) is 3.74. The van der Waals surface area contributed by atoms with Crippen LogP contribution in [-0.4, -0.2) is 9.97 Å². The van der Waals surface area contributed by atoms with Crippen molar-refractivity contribution in [2.24, 2.45) is 0 Å². The summed E-state index contributed by atoms with van der Waals surface area (Å²) in [4.78, 5) is 10.2. The number of para-hydroxylation sites is 2. The van der Waals surface area contributed by atoms with E-state index in [-0.39, 0.29) is 20.3 Å². The standard InChI is InChI=1S/C26H21NO.C24H17NO.2CH4/c1-14-9-11-17-21-22-18(12-10-15(2)25(22)28-24(14)21)26(3,4)19-13-16-7-5-6-8-20(16)27-23(17)19;1-13-7-9-16-12-17-11-15-5-3-4-6-19(15)25-22(17)18-10-8-14(2)24-21(18)20(16)23(13)26-24;;/h5-13H,1-4H3;3-11H,12H2,1-2H3;2*1H4. The lowest BCUT2D eigenvalue weighted by atomic mass is 9.76. The number of fused-ring (bicyclic) bond motifs is 6. The van der Waals surface area contributed by atoms with Crippen LogP contribution in [0.1, 0.15) is 73.2 Å². The topological polar surface area (TPSA) is 52.1 Å². The Balaban J connectivity index is 0.000000142. The second-order valence-electron chi connectivity index (χ2n) is 15.9. The predicted molar refractivity (Wildman–Crippen MR) is 236 cm³/mol. The highest BCUT2D eigenvalue weighted by molar-refractivity contribution is 6.18. The molecule has 2 aliphatic rings. The van der Waals surface area contributed by atoms with Gasteiger partial charge in [0.25, 0.3) is 0 Å². The lowest BCUT2D eigenvalue weighted by molar-refractivity contribution is 0.640. The van der Waals surface area contributed by atoms with Gasteiger partial charge in [-0.25, -0.2) is 9.97 Å². The number of rotatable bonds is 0. The van der Waals surface area contributed by atoms with Crippen LogP contribution in [0.15, 0.2) is 118 Å². The molecular formula is C52H46N2O2. The van der Waals surface area contributed by atoms with E-state index in [2.05, 4.69) is 151 Å². The number of aromatic nitrogens is 2. The molecule has 0 bridgehead atoms. The zero-order valence-corrected chi connectivity index (χ0v) is 31.3. The quantitative estimate of drug-likeness (QED) is 0.156. The third-order valence-corrected chi connectivity index (χ3v) is 12.2. The van der Waals surface area contributed by atoms with Crippen molar-refractivity contribution in [2.45, 2.75) is 68.2 Å². The summed E-state index contributed by atoms with van der Waals surface area (Å²) in [6, 6.07) is 39.0. The Kier molecular flexibility index (Phi) is 7.83. The van der Waals surface area contributed by atoms with E-state index in [0.29, 0.717) is 0 Å². The minimum Gasteiger partial charge on any atom is -0.455 e. The normalized spacial score (nSPS) is 13.3. The van der Waals surface area contributed by atoms with Gasteiger partial charge in [-0.15, -0.1) is 0 Å². The van der Waals surface area contributed by atoms with Crippen molar-refractivity contribution in [3.05, 3.63) is 154 Å². The van der Waals surface area contributed by atoms with Crippen LogP contribution in [0, 0.1) is 27.7 Å². The summed E-state index contributed by atoms with van der Waals surface area (Å²) in [5.41, 5.74) is 20.4. The molecule has 0 N–H and O–H groups in total. The predicted octanol–water partition coefficient (Wildman–Crippen LogP) is 14.7. The van der Waals surface area contributed by atoms with Crippen molar-refractivity contribution in [2.75, 3.05) is 0 Å². The lowest BCUT2D eigenvalue weighted by Gasteiger charge is -2.28. The summed E-state index contributed by atoms with van der Waals surface area (Å²) < 4.78 is 12.8. The average molecular weight is 731 g/mol. The molecule has 0 atom stereocenters. The van der Waals surface area contributed by atoms with E-state index in [1.165, 1.54) is 88.0 Å². The minimum atomic E-state index is -0.179. The highest BCUT2D eigenvalue weighted by Crippen LogP contribution is 2.51. The first kappa shape index (κ1) is 35.4. The van der Waals surface area contributed by atoms with Crippen LogP contribution in [0.4, 0.5) is 0 Å². The van der Waals surface area contributed by atoms with Gasteiger partial charge in [-0.3, -0.25) is 0 Å². The second kappa shape index (κ2) is 12.4. The van der Waals surface area contributed by atoms with Crippen molar-refractivity contribution in [1.82, 2.24) is 9.97 Å². The Morgan fingerprint density at radius 1 is 0.464 bits per heavy atom. The molecule has 4 nitrogen and oxygen atoms in total. The Morgan fingerprint density at radius 2 is 0.946 bits per heavy atom. The maximum absolute atomic E-state index is 6.44. The van der Waals surface area contributed by atoms with Gasteiger partial charge in [0.2, 0.25) is 0 Å². The number of furan rings is 2. The largest absolute Gasteiger partial charge is 0.455 e. The lowest BCUT2D eigenvalue weighted by Crippen LogP contribution is -2.20. The molecule has 0 fully saturated rings. The Labute approximate surface area is 327 Å². The molecule has 0 saturated carbocycles. The molecule has 0 radical (unpaired) electrons. The molecule has 56 heavy (non-hydrogen) atoms. The summed E-state index contributed by atoms with van der Waals surface area (Å²) in [5, 5.41) is 7.33. The summed E-state index contributed by atoms with van der Waals surface area (Å²) >= 11 is 0. The number of aryl methyl sites for hydroxylation is 4. The van der Waals surface area contributed by atoms with Crippen LogP contribution in [0.25, 0.3) is 88.2 Å². The third kappa shape index (κ3) is 4.78.